The number of rotatable bonds is 6. The van der Waals surface area contributed by atoms with Gasteiger partial charge < -0.3 is 10.1 Å². The van der Waals surface area contributed by atoms with Crippen molar-refractivity contribution < 1.29 is 27.6 Å². The van der Waals surface area contributed by atoms with Gasteiger partial charge in [0.15, 0.2) is 5.69 Å². The molecular weight excluding hydrogens is 405 g/mol. The van der Waals surface area contributed by atoms with Crippen LogP contribution in [0.15, 0.2) is 18.2 Å². The first kappa shape index (κ1) is 21.6. The lowest BCUT2D eigenvalue weighted by atomic mass is 10.1. The monoisotopic (exact) mass is 426 g/mol. The van der Waals surface area contributed by atoms with Crippen molar-refractivity contribution in [2.45, 2.75) is 51.7 Å². The molecule has 0 aliphatic heterocycles. The normalized spacial score (nSPS) is 14.0. The van der Waals surface area contributed by atoms with E-state index in [0.717, 1.165) is 11.1 Å². The third kappa shape index (κ3) is 4.71. The number of carbonyl (C=O) groups is 1. The van der Waals surface area contributed by atoms with Crippen LogP contribution < -0.4 is 10.1 Å². The van der Waals surface area contributed by atoms with Gasteiger partial charge in [0.1, 0.15) is 18.0 Å². The Balaban J connectivity index is 1.85. The Morgan fingerprint density at radius 3 is 2.70 bits per heavy atom. The van der Waals surface area contributed by atoms with Crippen molar-refractivity contribution in [3.05, 3.63) is 45.3 Å². The Morgan fingerprint density at radius 1 is 1.30 bits per heavy atom. The number of nitro groups is 1. The van der Waals surface area contributed by atoms with Crippen LogP contribution in [-0.4, -0.2) is 27.2 Å². The molecule has 0 fully saturated rings. The van der Waals surface area contributed by atoms with Gasteiger partial charge in [0, 0.05) is 11.3 Å². The highest BCUT2D eigenvalue weighted by molar-refractivity contribution is 5.93. The fourth-order valence-corrected chi connectivity index (χ4v) is 3.56. The predicted octanol–water partition coefficient (Wildman–Crippen LogP) is 4.12. The molecule has 1 aromatic carbocycles. The number of nitrogens with one attached hydrogen (secondary N) is 1. The number of benzene rings is 1. The summed E-state index contributed by atoms with van der Waals surface area (Å²) in [5.41, 5.74) is -0.859. The standard InChI is InChI=1S/C19H21F3N4O4/c1-2-30-12-8-9-14(16(10-12)26(28)29)23-17(27)11-25-15-7-5-3-4-6-13(15)18(24-25)19(20,21)22/h8-10H,2-7,11H2,1H3,(H,23,27). The average Bonchev–Trinajstić information content (AvgIpc) is 2.85. The summed E-state index contributed by atoms with van der Waals surface area (Å²) in [6.45, 7) is 1.57. The summed E-state index contributed by atoms with van der Waals surface area (Å²) in [6.07, 6.45) is -1.81. The highest BCUT2D eigenvalue weighted by Gasteiger charge is 2.39. The van der Waals surface area contributed by atoms with Gasteiger partial charge in [0.05, 0.1) is 17.6 Å². The van der Waals surface area contributed by atoms with E-state index in [2.05, 4.69) is 10.4 Å². The number of ether oxygens (including phenoxy) is 1. The second-order valence-electron chi connectivity index (χ2n) is 6.91. The fraction of sp³-hybridized carbons (Fsp3) is 0.474. The fourth-order valence-electron chi connectivity index (χ4n) is 3.56. The third-order valence-corrected chi connectivity index (χ3v) is 4.82. The largest absolute Gasteiger partial charge is 0.494 e. The zero-order valence-corrected chi connectivity index (χ0v) is 16.3. The minimum absolute atomic E-state index is 0.0669. The number of nitrogens with zero attached hydrogens (tertiary/aromatic N) is 3. The van der Waals surface area contributed by atoms with Crippen molar-refractivity contribution >= 4 is 17.3 Å². The van der Waals surface area contributed by atoms with Gasteiger partial charge in [-0.2, -0.15) is 18.3 Å². The minimum atomic E-state index is -4.61. The third-order valence-electron chi connectivity index (χ3n) is 4.82. The Kier molecular flexibility index (Phi) is 6.28. The molecule has 0 spiro atoms. The molecule has 11 heteroatoms. The van der Waals surface area contributed by atoms with Gasteiger partial charge >= 0.3 is 6.18 Å². The molecule has 1 N–H and O–H groups in total. The van der Waals surface area contributed by atoms with Gasteiger partial charge in [-0.15, -0.1) is 0 Å². The van der Waals surface area contributed by atoms with Crippen LogP contribution in [0.1, 0.15) is 43.1 Å². The molecule has 162 valence electrons. The van der Waals surface area contributed by atoms with Gasteiger partial charge in [0.25, 0.3) is 5.69 Å². The van der Waals surface area contributed by atoms with Crippen molar-refractivity contribution in [1.29, 1.82) is 0 Å². The van der Waals surface area contributed by atoms with Crippen LogP contribution in [0.25, 0.3) is 0 Å². The van der Waals surface area contributed by atoms with Crippen LogP contribution in [0.4, 0.5) is 24.5 Å². The van der Waals surface area contributed by atoms with E-state index in [0.29, 0.717) is 31.6 Å². The molecule has 0 atom stereocenters. The van der Waals surface area contributed by atoms with Crippen LogP contribution in [0.5, 0.6) is 5.75 Å². The Labute approximate surface area is 170 Å². The topological polar surface area (TPSA) is 99.3 Å². The van der Waals surface area contributed by atoms with Crippen LogP contribution in [-0.2, 0) is 30.4 Å². The quantitative estimate of drug-likeness (QED) is 0.426. The maximum Gasteiger partial charge on any atom is 0.435 e. The van der Waals surface area contributed by atoms with E-state index in [1.165, 1.54) is 18.2 Å². The van der Waals surface area contributed by atoms with Crippen LogP contribution in [0, 0.1) is 10.1 Å². The minimum Gasteiger partial charge on any atom is -0.494 e. The van der Waals surface area contributed by atoms with Gasteiger partial charge in [-0.05, 0) is 44.7 Å². The number of hydrogen-bond donors (Lipinski definition) is 1. The Bertz CT molecular complexity index is 956. The molecule has 0 saturated carbocycles. The number of anilines is 1. The van der Waals surface area contributed by atoms with Crippen molar-refractivity contribution in [2.24, 2.45) is 0 Å². The smallest absolute Gasteiger partial charge is 0.435 e. The summed E-state index contributed by atoms with van der Waals surface area (Å²) in [5, 5.41) is 17.4. The second-order valence-corrected chi connectivity index (χ2v) is 6.91. The number of aromatic nitrogens is 2. The molecule has 1 aliphatic carbocycles. The first-order valence-electron chi connectivity index (χ1n) is 9.57. The van der Waals surface area contributed by atoms with Crippen molar-refractivity contribution in [3.8, 4) is 5.75 Å². The van der Waals surface area contributed by atoms with Gasteiger partial charge in [-0.25, -0.2) is 0 Å². The Morgan fingerprint density at radius 2 is 2.03 bits per heavy atom. The van der Waals surface area contributed by atoms with E-state index >= 15 is 0 Å². The molecule has 2 aromatic rings. The summed E-state index contributed by atoms with van der Waals surface area (Å²) in [6, 6.07) is 3.97. The number of amides is 1. The summed E-state index contributed by atoms with van der Waals surface area (Å²) in [5.74, 6) is -0.431. The molecular formula is C19H21F3N4O4. The summed E-state index contributed by atoms with van der Waals surface area (Å²) in [7, 11) is 0. The van der Waals surface area contributed by atoms with Crippen molar-refractivity contribution in [2.75, 3.05) is 11.9 Å². The molecule has 8 nitrogen and oxygen atoms in total. The zero-order chi connectivity index (χ0) is 21.9. The Hall–Kier alpha value is -3.11. The molecule has 1 aliphatic rings. The molecule has 0 bridgehead atoms. The zero-order valence-electron chi connectivity index (χ0n) is 16.3. The molecule has 0 unspecified atom stereocenters. The number of alkyl halides is 3. The number of halogens is 3. The van der Waals surface area contributed by atoms with Gasteiger partial charge in [-0.1, -0.05) is 6.42 Å². The van der Waals surface area contributed by atoms with E-state index in [1.807, 2.05) is 0 Å². The van der Waals surface area contributed by atoms with Crippen LogP contribution in [0.3, 0.4) is 0 Å². The maximum atomic E-state index is 13.4. The number of carbonyl (C=O) groups excluding carboxylic acids is 1. The summed E-state index contributed by atoms with van der Waals surface area (Å²) in [4.78, 5) is 23.1. The van der Waals surface area contributed by atoms with Gasteiger partial charge in [0.2, 0.25) is 5.91 Å². The van der Waals surface area contributed by atoms with E-state index in [9.17, 15) is 28.1 Å². The first-order valence-corrected chi connectivity index (χ1v) is 9.57. The second kappa shape index (κ2) is 8.72. The average molecular weight is 426 g/mol. The van der Waals surface area contributed by atoms with Crippen LogP contribution >= 0.6 is 0 Å². The van der Waals surface area contributed by atoms with Crippen molar-refractivity contribution in [1.82, 2.24) is 9.78 Å². The summed E-state index contributed by atoms with van der Waals surface area (Å²) >= 11 is 0. The van der Waals surface area contributed by atoms with E-state index in [1.54, 1.807) is 6.92 Å². The molecule has 1 aromatic heterocycles. The molecule has 3 rings (SSSR count). The number of nitro benzene ring substituents is 1. The SMILES string of the molecule is CCOc1ccc(NC(=O)Cn2nc(C(F)(F)F)c3c2CCCCC3)c([N+](=O)[O-])c1. The van der Waals surface area contributed by atoms with E-state index in [-0.39, 0.29) is 29.1 Å². The lowest BCUT2D eigenvalue weighted by Crippen LogP contribution is -2.22. The van der Waals surface area contributed by atoms with Crippen molar-refractivity contribution in [3.63, 3.8) is 0 Å². The molecule has 0 saturated heterocycles. The van der Waals surface area contributed by atoms with Gasteiger partial charge in [-0.3, -0.25) is 19.6 Å². The predicted molar refractivity (Wildman–Crippen MR) is 101 cm³/mol. The summed E-state index contributed by atoms with van der Waals surface area (Å²) < 4.78 is 46.4. The first-order chi connectivity index (χ1) is 14.2. The lowest BCUT2D eigenvalue weighted by Gasteiger charge is -2.10. The molecule has 0 radical (unpaired) electrons. The number of hydrogen-bond acceptors (Lipinski definition) is 5. The van der Waals surface area contributed by atoms with Crippen LogP contribution in [0.2, 0.25) is 0 Å². The highest BCUT2D eigenvalue weighted by Crippen LogP contribution is 2.35. The number of fused-ring (bicyclic) bond motifs is 1. The maximum absolute atomic E-state index is 13.4. The van der Waals surface area contributed by atoms with E-state index in [4.69, 9.17) is 4.74 Å². The molecule has 30 heavy (non-hydrogen) atoms. The molecule has 1 heterocycles. The van der Waals surface area contributed by atoms with E-state index < -0.39 is 29.2 Å². The molecule has 1 amide bonds. The lowest BCUT2D eigenvalue weighted by molar-refractivity contribution is -0.384. The highest BCUT2D eigenvalue weighted by atomic mass is 19.4.